The first-order valence-corrected chi connectivity index (χ1v) is 9.06. The lowest BCUT2D eigenvalue weighted by Gasteiger charge is -2.35. The molecule has 1 aliphatic heterocycles. The van der Waals surface area contributed by atoms with Gasteiger partial charge in [0.1, 0.15) is 0 Å². The number of nitrogens with zero attached hydrogens (tertiary/aromatic N) is 1. The van der Waals surface area contributed by atoms with Crippen LogP contribution in [-0.2, 0) is 10.0 Å². The second-order valence-corrected chi connectivity index (χ2v) is 8.00. The van der Waals surface area contributed by atoms with Crippen LogP contribution in [0, 0.1) is 6.92 Å². The first-order valence-electron chi connectivity index (χ1n) is 7.24. The van der Waals surface area contributed by atoms with E-state index in [2.05, 4.69) is 0 Å². The predicted octanol–water partition coefficient (Wildman–Crippen LogP) is 3.82. The van der Waals surface area contributed by atoms with Gasteiger partial charge in [-0.3, -0.25) is 9.10 Å². The smallest absolute Gasteiger partial charge is 0.264 e. The molecule has 0 radical (unpaired) electrons. The summed E-state index contributed by atoms with van der Waals surface area (Å²) in [5, 5.41) is 0.416. The van der Waals surface area contributed by atoms with Crippen molar-refractivity contribution in [1.29, 1.82) is 0 Å². The molecule has 3 rings (SSSR count). The van der Waals surface area contributed by atoms with Crippen LogP contribution in [0.4, 0.5) is 5.69 Å². The Bertz CT molecular complexity index is 875. The zero-order chi connectivity index (χ0) is 16.8. The van der Waals surface area contributed by atoms with Gasteiger partial charge in [-0.1, -0.05) is 29.3 Å². The Morgan fingerprint density at radius 2 is 1.78 bits per heavy atom. The third-order valence-electron chi connectivity index (χ3n) is 3.96. The Kier molecular flexibility index (Phi) is 3.94. The van der Waals surface area contributed by atoms with Crippen LogP contribution >= 0.6 is 11.6 Å². The molecule has 2 aromatic carbocycles. The monoisotopic (exact) mass is 349 g/mol. The lowest BCUT2D eigenvalue weighted by Crippen LogP contribution is -2.43. The molecule has 2 aromatic rings. The normalized spacial score (nSPS) is 18.0. The van der Waals surface area contributed by atoms with E-state index < -0.39 is 16.1 Å². The fourth-order valence-electron chi connectivity index (χ4n) is 2.81. The Morgan fingerprint density at radius 3 is 2.43 bits per heavy atom. The van der Waals surface area contributed by atoms with Crippen molar-refractivity contribution in [3.63, 3.8) is 0 Å². The van der Waals surface area contributed by atoms with Crippen molar-refractivity contribution in [1.82, 2.24) is 0 Å². The summed E-state index contributed by atoms with van der Waals surface area (Å²) in [7, 11) is -3.74. The predicted molar refractivity (Wildman–Crippen MR) is 90.7 cm³/mol. The summed E-state index contributed by atoms with van der Waals surface area (Å²) in [6.07, 6.45) is 0.137. The second-order valence-electron chi connectivity index (χ2n) is 5.75. The molecule has 0 spiro atoms. The first kappa shape index (κ1) is 16.0. The number of hydrogen-bond donors (Lipinski definition) is 0. The number of anilines is 1. The van der Waals surface area contributed by atoms with Gasteiger partial charge in [0.15, 0.2) is 5.78 Å². The van der Waals surface area contributed by atoms with Gasteiger partial charge in [-0.25, -0.2) is 8.42 Å². The van der Waals surface area contributed by atoms with E-state index in [1.807, 2.05) is 6.92 Å². The fourth-order valence-corrected chi connectivity index (χ4v) is 4.66. The molecule has 1 unspecified atom stereocenters. The summed E-state index contributed by atoms with van der Waals surface area (Å²) >= 11 is 5.95. The second kappa shape index (κ2) is 5.65. The average molecular weight is 350 g/mol. The van der Waals surface area contributed by atoms with Crippen LogP contribution < -0.4 is 4.31 Å². The molecular formula is C17H16ClNO3S. The summed E-state index contributed by atoms with van der Waals surface area (Å²) < 4.78 is 27.4. The molecule has 120 valence electrons. The maximum atomic E-state index is 13.0. The number of hydrogen-bond acceptors (Lipinski definition) is 3. The Balaban J connectivity index is 2.17. The van der Waals surface area contributed by atoms with Crippen LogP contribution in [0.15, 0.2) is 47.4 Å². The van der Waals surface area contributed by atoms with E-state index in [4.69, 9.17) is 11.6 Å². The highest BCUT2D eigenvalue weighted by Crippen LogP contribution is 2.36. The lowest BCUT2D eigenvalue weighted by atomic mass is 9.98. The Hall–Kier alpha value is -1.85. The van der Waals surface area contributed by atoms with Gasteiger partial charge < -0.3 is 0 Å². The summed E-state index contributed by atoms with van der Waals surface area (Å²) in [5.41, 5.74) is 1.73. The van der Waals surface area contributed by atoms with Crippen LogP contribution in [0.25, 0.3) is 0 Å². The Labute approximate surface area is 140 Å². The number of Topliss-reactive ketones (excluding diaryl/α,β-unsaturated/α-hetero) is 1. The highest BCUT2D eigenvalue weighted by molar-refractivity contribution is 7.92. The molecule has 0 aromatic heterocycles. The molecule has 0 fully saturated rings. The summed E-state index contributed by atoms with van der Waals surface area (Å²) in [6.45, 7) is 3.64. The quantitative estimate of drug-likeness (QED) is 0.828. The molecule has 1 aliphatic rings. The van der Waals surface area contributed by atoms with Gasteiger partial charge in [-0.2, -0.15) is 0 Å². The van der Waals surface area contributed by atoms with Crippen LogP contribution in [-0.4, -0.2) is 20.2 Å². The zero-order valence-electron chi connectivity index (χ0n) is 12.8. The van der Waals surface area contributed by atoms with Crippen molar-refractivity contribution < 1.29 is 13.2 Å². The number of fused-ring (bicyclic) bond motifs is 1. The summed E-state index contributed by atoms with van der Waals surface area (Å²) in [4.78, 5) is 12.4. The number of rotatable bonds is 2. The van der Waals surface area contributed by atoms with Crippen LogP contribution in [0.2, 0.25) is 5.02 Å². The van der Waals surface area contributed by atoms with Crippen molar-refractivity contribution in [3.05, 3.63) is 58.6 Å². The number of carbonyl (C=O) groups excluding carboxylic acids is 1. The number of carbonyl (C=O) groups is 1. The number of ketones is 1. The van der Waals surface area contributed by atoms with Crippen molar-refractivity contribution in [2.75, 3.05) is 4.31 Å². The van der Waals surface area contributed by atoms with E-state index in [-0.39, 0.29) is 17.1 Å². The minimum atomic E-state index is -3.74. The molecule has 0 saturated heterocycles. The fraction of sp³-hybridized carbons (Fsp3) is 0.235. The zero-order valence-corrected chi connectivity index (χ0v) is 14.4. The van der Waals surface area contributed by atoms with Crippen molar-refractivity contribution in [2.45, 2.75) is 31.2 Å². The van der Waals surface area contributed by atoms with Gasteiger partial charge in [0, 0.05) is 23.0 Å². The largest absolute Gasteiger partial charge is 0.294 e. The van der Waals surface area contributed by atoms with E-state index in [1.54, 1.807) is 43.3 Å². The van der Waals surface area contributed by atoms with E-state index in [0.29, 0.717) is 16.3 Å². The topological polar surface area (TPSA) is 54.5 Å². The molecule has 1 atom stereocenters. The average Bonchev–Trinajstić information content (AvgIpc) is 2.48. The van der Waals surface area contributed by atoms with Gasteiger partial charge in [-0.15, -0.1) is 0 Å². The van der Waals surface area contributed by atoms with Gasteiger partial charge in [0.2, 0.25) is 0 Å². The summed E-state index contributed by atoms with van der Waals surface area (Å²) in [5.74, 6) is -0.0923. The highest BCUT2D eigenvalue weighted by atomic mass is 35.5. The Morgan fingerprint density at radius 1 is 1.13 bits per heavy atom. The molecule has 4 nitrogen and oxygen atoms in total. The van der Waals surface area contributed by atoms with Crippen molar-refractivity contribution >= 4 is 33.1 Å². The molecular weight excluding hydrogens is 334 g/mol. The minimum absolute atomic E-state index is 0.0923. The molecule has 1 heterocycles. The first-order chi connectivity index (χ1) is 10.8. The highest BCUT2D eigenvalue weighted by Gasteiger charge is 2.37. The molecule has 23 heavy (non-hydrogen) atoms. The molecule has 0 aliphatic carbocycles. The lowest BCUT2D eigenvalue weighted by molar-refractivity contribution is 0.0972. The third-order valence-corrected chi connectivity index (χ3v) is 6.13. The number of sulfonamides is 1. The van der Waals surface area contributed by atoms with E-state index in [1.165, 1.54) is 10.4 Å². The van der Waals surface area contributed by atoms with Gasteiger partial charge in [-0.05, 0) is 44.2 Å². The molecule has 0 N–H and O–H groups in total. The standard InChI is InChI=1S/C17H16ClNO3S/c1-11-3-6-14(7-4-11)23(21,22)19-12(2)9-17(20)15-10-13(18)5-8-16(15)19/h3-8,10,12H,9H2,1-2H3. The third kappa shape index (κ3) is 2.75. The minimum Gasteiger partial charge on any atom is -0.294 e. The maximum Gasteiger partial charge on any atom is 0.264 e. The van der Waals surface area contributed by atoms with Crippen LogP contribution in [0.5, 0.6) is 0 Å². The van der Waals surface area contributed by atoms with Gasteiger partial charge >= 0.3 is 0 Å². The summed E-state index contributed by atoms with van der Waals surface area (Å²) in [6, 6.07) is 11.0. The maximum absolute atomic E-state index is 13.0. The van der Waals surface area contributed by atoms with Crippen molar-refractivity contribution in [2.24, 2.45) is 0 Å². The van der Waals surface area contributed by atoms with E-state index in [0.717, 1.165) is 5.56 Å². The molecule has 6 heteroatoms. The van der Waals surface area contributed by atoms with Gasteiger partial charge in [0.25, 0.3) is 10.0 Å². The van der Waals surface area contributed by atoms with Gasteiger partial charge in [0.05, 0.1) is 10.6 Å². The van der Waals surface area contributed by atoms with Crippen molar-refractivity contribution in [3.8, 4) is 0 Å². The molecule has 0 amide bonds. The van der Waals surface area contributed by atoms with E-state index >= 15 is 0 Å². The number of benzene rings is 2. The van der Waals surface area contributed by atoms with Crippen LogP contribution in [0.3, 0.4) is 0 Å². The number of aryl methyl sites for hydroxylation is 1. The number of halogens is 1. The van der Waals surface area contributed by atoms with Crippen LogP contribution in [0.1, 0.15) is 29.3 Å². The molecule has 0 saturated carbocycles. The SMILES string of the molecule is Cc1ccc(S(=O)(=O)N2c3ccc(Cl)cc3C(=O)CC2C)cc1. The molecule has 0 bridgehead atoms. The van der Waals surface area contributed by atoms with E-state index in [9.17, 15) is 13.2 Å².